The van der Waals surface area contributed by atoms with Crippen molar-refractivity contribution in [2.45, 2.75) is 63.4 Å². The normalized spacial score (nSPS) is 50.5. The Balaban J connectivity index is 1.70. The molecule has 95 valence electrons. The van der Waals surface area contributed by atoms with Crippen molar-refractivity contribution in [3.63, 3.8) is 0 Å². The van der Waals surface area contributed by atoms with E-state index in [0.717, 1.165) is 12.5 Å². The molecule has 5 rings (SSSR count). The van der Waals surface area contributed by atoms with Gasteiger partial charge in [-0.2, -0.15) is 11.8 Å². The van der Waals surface area contributed by atoms with Crippen molar-refractivity contribution in [3.8, 4) is 0 Å². The van der Waals surface area contributed by atoms with Crippen LogP contribution in [-0.2, 0) is 4.74 Å². The van der Waals surface area contributed by atoms with E-state index in [2.05, 4.69) is 11.8 Å². The topological polar surface area (TPSA) is 9.23 Å². The van der Waals surface area contributed by atoms with Gasteiger partial charge in [0.15, 0.2) is 0 Å². The number of hydrogen-bond acceptors (Lipinski definition) is 2. The molecule has 1 atom stereocenters. The van der Waals surface area contributed by atoms with Gasteiger partial charge in [-0.3, -0.25) is 0 Å². The number of hydrogen-bond donors (Lipinski definition) is 0. The molecular formula is C15H23OS. The fourth-order valence-corrected chi connectivity index (χ4v) is 6.62. The molecule has 0 amide bonds. The largest absolute Gasteiger partial charge is 0.374 e. The Morgan fingerprint density at radius 3 is 2.71 bits per heavy atom. The summed E-state index contributed by atoms with van der Waals surface area (Å²) in [5.74, 6) is 2.26. The molecule has 3 saturated heterocycles. The van der Waals surface area contributed by atoms with Crippen LogP contribution in [0.4, 0.5) is 0 Å². The molecule has 3 heterocycles. The lowest BCUT2D eigenvalue weighted by molar-refractivity contribution is -0.207. The summed E-state index contributed by atoms with van der Waals surface area (Å²) in [6.07, 6.45) is 12.7. The van der Waals surface area contributed by atoms with E-state index in [0.29, 0.717) is 5.41 Å². The molecule has 5 fully saturated rings. The highest BCUT2D eigenvalue weighted by atomic mass is 32.2. The molecule has 0 aromatic rings. The van der Waals surface area contributed by atoms with E-state index in [1.165, 1.54) is 63.5 Å². The zero-order chi connectivity index (χ0) is 11.3. The minimum atomic E-state index is 0.279. The number of fused-ring (bicyclic) bond motifs is 4. The summed E-state index contributed by atoms with van der Waals surface area (Å²) < 4.78 is 6.47. The summed E-state index contributed by atoms with van der Waals surface area (Å²) in [4.78, 5) is 0. The van der Waals surface area contributed by atoms with Crippen LogP contribution in [-0.4, -0.2) is 18.0 Å². The predicted octanol–water partition coefficient (Wildman–Crippen LogP) is 4.17. The molecule has 17 heavy (non-hydrogen) atoms. The Bertz CT molecular complexity index is 294. The molecule has 0 spiro atoms. The van der Waals surface area contributed by atoms with Gasteiger partial charge in [-0.05, 0) is 56.6 Å². The van der Waals surface area contributed by atoms with Gasteiger partial charge in [0.05, 0.1) is 12.2 Å². The molecule has 2 aliphatic carbocycles. The van der Waals surface area contributed by atoms with E-state index in [1.807, 2.05) is 5.25 Å². The fourth-order valence-electron chi connectivity index (χ4n) is 4.97. The van der Waals surface area contributed by atoms with Gasteiger partial charge < -0.3 is 4.74 Å². The van der Waals surface area contributed by atoms with Crippen LogP contribution in [0, 0.1) is 16.6 Å². The Kier molecular flexibility index (Phi) is 2.56. The molecule has 0 N–H and O–H groups in total. The van der Waals surface area contributed by atoms with Crippen LogP contribution in [0.1, 0.15) is 57.8 Å². The molecule has 0 aromatic carbocycles. The maximum atomic E-state index is 6.47. The van der Waals surface area contributed by atoms with Gasteiger partial charge in [0.1, 0.15) is 0 Å². The molecule has 1 nitrogen and oxygen atoms in total. The first-order chi connectivity index (χ1) is 8.35. The zero-order valence-corrected chi connectivity index (χ0v) is 11.5. The lowest BCUT2D eigenvalue weighted by Gasteiger charge is -2.59. The van der Waals surface area contributed by atoms with E-state index in [-0.39, 0.29) is 5.60 Å². The molecule has 1 unspecified atom stereocenters. The molecule has 2 bridgehead atoms. The smallest absolute Gasteiger partial charge is 0.0752 e. The van der Waals surface area contributed by atoms with E-state index < -0.39 is 0 Å². The molecule has 2 saturated carbocycles. The number of rotatable bonds is 1. The van der Waals surface area contributed by atoms with Crippen LogP contribution in [0.3, 0.4) is 0 Å². The summed E-state index contributed by atoms with van der Waals surface area (Å²) in [6.45, 7) is 1.07. The highest BCUT2D eigenvalue weighted by molar-refractivity contribution is 8.02. The number of thioether (sulfide) groups is 1. The van der Waals surface area contributed by atoms with Crippen LogP contribution in [0.5, 0.6) is 0 Å². The minimum absolute atomic E-state index is 0.279. The second-order valence-corrected chi connectivity index (χ2v) is 7.75. The zero-order valence-electron chi connectivity index (χ0n) is 10.7. The van der Waals surface area contributed by atoms with Gasteiger partial charge in [0, 0.05) is 10.7 Å². The van der Waals surface area contributed by atoms with E-state index in [1.54, 1.807) is 0 Å². The molecule has 1 radical (unpaired) electrons. The third-order valence-electron chi connectivity index (χ3n) is 5.98. The maximum absolute atomic E-state index is 6.47. The predicted molar refractivity (Wildman–Crippen MR) is 71.9 cm³/mol. The summed E-state index contributed by atoms with van der Waals surface area (Å²) in [5.41, 5.74) is 0.780. The average molecular weight is 251 g/mol. The van der Waals surface area contributed by atoms with Gasteiger partial charge in [-0.25, -0.2) is 0 Å². The van der Waals surface area contributed by atoms with Gasteiger partial charge in [0.25, 0.3) is 0 Å². The Labute approximate surface area is 109 Å². The van der Waals surface area contributed by atoms with Crippen molar-refractivity contribution in [1.29, 1.82) is 0 Å². The summed E-state index contributed by atoms with van der Waals surface area (Å²) in [7, 11) is 0. The minimum Gasteiger partial charge on any atom is -0.374 e. The van der Waals surface area contributed by atoms with Crippen molar-refractivity contribution in [1.82, 2.24) is 0 Å². The second-order valence-electron chi connectivity index (χ2n) is 6.56. The van der Waals surface area contributed by atoms with Crippen molar-refractivity contribution in [3.05, 3.63) is 5.25 Å². The Morgan fingerprint density at radius 1 is 1.06 bits per heavy atom. The first-order valence-electron chi connectivity index (χ1n) is 7.48. The SMILES string of the molecule is C1CCC2(C34CCC(CC3)CO4)CCS[C]2C1. The molecule has 0 aromatic heterocycles. The molecule has 5 aliphatic rings. The monoisotopic (exact) mass is 251 g/mol. The third-order valence-corrected chi connectivity index (χ3v) is 7.33. The van der Waals surface area contributed by atoms with Crippen LogP contribution in [0.25, 0.3) is 0 Å². The summed E-state index contributed by atoms with van der Waals surface area (Å²) >= 11 is 2.19. The Hall–Kier alpha value is 0.310. The van der Waals surface area contributed by atoms with E-state index in [9.17, 15) is 0 Å². The van der Waals surface area contributed by atoms with E-state index in [4.69, 9.17) is 4.74 Å². The summed E-state index contributed by atoms with van der Waals surface area (Å²) in [5, 5.41) is 1.84. The standard InChI is InChI=1S/C15H23OS/c1-2-6-14(9-10-17-13(14)3-1)15-7-4-12(5-8-15)11-16-15/h12H,1-11H2. The maximum Gasteiger partial charge on any atom is 0.0752 e. The van der Waals surface area contributed by atoms with E-state index >= 15 is 0 Å². The van der Waals surface area contributed by atoms with Crippen LogP contribution < -0.4 is 0 Å². The van der Waals surface area contributed by atoms with Crippen molar-refractivity contribution < 1.29 is 4.74 Å². The highest BCUT2D eigenvalue weighted by Gasteiger charge is 2.61. The lowest BCUT2D eigenvalue weighted by atomic mass is 9.55. The average Bonchev–Trinajstić information content (AvgIpc) is 2.86. The highest BCUT2D eigenvalue weighted by Crippen LogP contribution is 2.67. The van der Waals surface area contributed by atoms with Gasteiger partial charge in [-0.15, -0.1) is 0 Å². The summed E-state index contributed by atoms with van der Waals surface area (Å²) in [6, 6.07) is 0. The van der Waals surface area contributed by atoms with Gasteiger partial charge >= 0.3 is 0 Å². The van der Waals surface area contributed by atoms with Crippen molar-refractivity contribution >= 4 is 11.8 Å². The van der Waals surface area contributed by atoms with Crippen LogP contribution >= 0.6 is 11.8 Å². The second kappa shape index (κ2) is 3.90. The first-order valence-corrected chi connectivity index (χ1v) is 8.46. The van der Waals surface area contributed by atoms with Crippen molar-refractivity contribution in [2.75, 3.05) is 12.4 Å². The van der Waals surface area contributed by atoms with Gasteiger partial charge in [-0.1, -0.05) is 12.8 Å². The Morgan fingerprint density at radius 2 is 1.94 bits per heavy atom. The molecular weight excluding hydrogens is 228 g/mol. The van der Waals surface area contributed by atoms with Crippen LogP contribution in [0.15, 0.2) is 0 Å². The van der Waals surface area contributed by atoms with Gasteiger partial charge in [0.2, 0.25) is 0 Å². The lowest BCUT2D eigenvalue weighted by Crippen LogP contribution is -2.58. The fraction of sp³-hybridized carbons (Fsp3) is 0.933. The van der Waals surface area contributed by atoms with Crippen molar-refractivity contribution in [2.24, 2.45) is 11.3 Å². The quantitative estimate of drug-likeness (QED) is 0.691. The molecule has 3 aliphatic heterocycles. The molecule has 2 heteroatoms. The number of ether oxygens (including phenoxy) is 1. The first kappa shape index (κ1) is 11.2. The third kappa shape index (κ3) is 1.43. The van der Waals surface area contributed by atoms with Crippen LogP contribution in [0.2, 0.25) is 0 Å².